The minimum atomic E-state index is -0.935. The van der Waals surface area contributed by atoms with E-state index in [1.54, 1.807) is 6.07 Å². The molecule has 0 spiro atoms. The van der Waals surface area contributed by atoms with Crippen LogP contribution >= 0.6 is 0 Å². The first-order chi connectivity index (χ1) is 13.3. The molecule has 1 atom stereocenters. The van der Waals surface area contributed by atoms with E-state index in [1.165, 1.54) is 25.3 Å². The number of furan rings is 1. The molecule has 28 heavy (non-hydrogen) atoms. The molecule has 3 aromatic rings. The van der Waals surface area contributed by atoms with E-state index in [2.05, 4.69) is 5.32 Å². The number of anilines is 1. The lowest BCUT2D eigenvalue weighted by Crippen LogP contribution is -2.30. The van der Waals surface area contributed by atoms with Crippen LogP contribution in [0.5, 0.6) is 5.75 Å². The van der Waals surface area contributed by atoms with Crippen LogP contribution in [0, 0.1) is 0 Å². The summed E-state index contributed by atoms with van der Waals surface area (Å²) in [6, 6.07) is 12.2. The first-order valence-corrected chi connectivity index (χ1v) is 9.13. The third kappa shape index (κ3) is 4.34. The fourth-order valence-corrected chi connectivity index (χ4v) is 3.01. The molecule has 1 amide bonds. The number of hydrogen-bond donors (Lipinski definition) is 2. The van der Waals surface area contributed by atoms with Crippen molar-refractivity contribution in [1.82, 2.24) is 0 Å². The van der Waals surface area contributed by atoms with Gasteiger partial charge < -0.3 is 19.6 Å². The number of carbonyl (C=O) groups is 2. The number of amides is 1. The van der Waals surface area contributed by atoms with Crippen molar-refractivity contribution in [3.63, 3.8) is 0 Å². The quantitative estimate of drug-likeness (QED) is 0.619. The number of ether oxygens (including phenoxy) is 1. The molecule has 0 saturated heterocycles. The van der Waals surface area contributed by atoms with E-state index < -0.39 is 12.1 Å². The molecule has 146 valence electrons. The van der Waals surface area contributed by atoms with Crippen molar-refractivity contribution in [2.24, 2.45) is 0 Å². The number of benzene rings is 2. The highest BCUT2D eigenvalue weighted by atomic mass is 16.5. The van der Waals surface area contributed by atoms with Gasteiger partial charge >= 0.3 is 5.97 Å². The summed E-state index contributed by atoms with van der Waals surface area (Å²) >= 11 is 0. The standard InChI is InChI=1S/C22H23NO5/c1-13(2)17-6-4-5-7-19(17)23-22(26)14(3)28-21(25)10-15-12-27-20-11-16(24)8-9-18(15)20/h4-9,11-14,24H,10H2,1-3H3,(H,23,26)/t14-/m1/s1. The van der Waals surface area contributed by atoms with E-state index in [-0.39, 0.29) is 24.0 Å². The number of phenolic OH excluding ortho intramolecular Hbond substituents is 1. The molecular formula is C22H23NO5. The molecular weight excluding hydrogens is 358 g/mol. The number of fused-ring (bicyclic) bond motifs is 1. The second-order valence-corrected chi connectivity index (χ2v) is 6.98. The van der Waals surface area contributed by atoms with Crippen LogP contribution in [-0.4, -0.2) is 23.1 Å². The Morgan fingerprint density at radius 1 is 1.14 bits per heavy atom. The number of rotatable bonds is 6. The van der Waals surface area contributed by atoms with E-state index in [0.29, 0.717) is 16.8 Å². The molecule has 2 N–H and O–H groups in total. The average molecular weight is 381 g/mol. The maximum atomic E-state index is 12.4. The van der Waals surface area contributed by atoms with Crippen molar-refractivity contribution in [3.8, 4) is 5.75 Å². The van der Waals surface area contributed by atoms with Gasteiger partial charge in [0.25, 0.3) is 5.91 Å². The summed E-state index contributed by atoms with van der Waals surface area (Å²) in [5.74, 6) is -0.579. The molecule has 0 unspecified atom stereocenters. The maximum Gasteiger partial charge on any atom is 0.311 e. The summed E-state index contributed by atoms with van der Waals surface area (Å²) in [4.78, 5) is 24.7. The first-order valence-electron chi connectivity index (χ1n) is 9.13. The first kappa shape index (κ1) is 19.5. The fraction of sp³-hybridized carbons (Fsp3) is 0.273. The Hall–Kier alpha value is -3.28. The fourth-order valence-electron chi connectivity index (χ4n) is 3.01. The molecule has 1 heterocycles. The van der Waals surface area contributed by atoms with Crippen molar-refractivity contribution in [1.29, 1.82) is 0 Å². The highest BCUT2D eigenvalue weighted by Gasteiger charge is 2.20. The number of carbonyl (C=O) groups excluding carboxylic acids is 2. The number of esters is 1. The van der Waals surface area contributed by atoms with Crippen LogP contribution < -0.4 is 5.32 Å². The van der Waals surface area contributed by atoms with E-state index in [0.717, 1.165) is 10.9 Å². The smallest absolute Gasteiger partial charge is 0.311 e. The Bertz CT molecular complexity index is 1010. The molecule has 0 aliphatic rings. The Morgan fingerprint density at radius 3 is 2.64 bits per heavy atom. The number of hydrogen-bond acceptors (Lipinski definition) is 5. The van der Waals surface area contributed by atoms with Crippen molar-refractivity contribution < 1.29 is 23.8 Å². The zero-order chi connectivity index (χ0) is 20.3. The summed E-state index contributed by atoms with van der Waals surface area (Å²) in [6.07, 6.45) is 0.488. The van der Waals surface area contributed by atoms with E-state index in [9.17, 15) is 14.7 Å². The monoisotopic (exact) mass is 381 g/mol. The topological polar surface area (TPSA) is 88.8 Å². The van der Waals surface area contributed by atoms with E-state index in [1.807, 2.05) is 38.1 Å². The lowest BCUT2D eigenvalue weighted by Gasteiger charge is -2.17. The van der Waals surface area contributed by atoms with Crippen LogP contribution in [0.25, 0.3) is 11.0 Å². The van der Waals surface area contributed by atoms with Crippen LogP contribution in [0.15, 0.2) is 53.1 Å². The Morgan fingerprint density at radius 2 is 1.89 bits per heavy atom. The number of phenols is 1. The van der Waals surface area contributed by atoms with Gasteiger partial charge in [0.2, 0.25) is 0 Å². The zero-order valence-electron chi connectivity index (χ0n) is 16.1. The molecule has 0 fully saturated rings. The molecule has 0 aliphatic carbocycles. The largest absolute Gasteiger partial charge is 0.508 e. The normalized spacial score (nSPS) is 12.1. The summed E-state index contributed by atoms with van der Waals surface area (Å²) in [6.45, 7) is 5.63. The van der Waals surface area contributed by atoms with Gasteiger partial charge in [-0.25, -0.2) is 0 Å². The molecule has 2 aromatic carbocycles. The van der Waals surface area contributed by atoms with E-state index in [4.69, 9.17) is 9.15 Å². The van der Waals surface area contributed by atoms with Gasteiger partial charge in [-0.1, -0.05) is 32.0 Å². The molecule has 0 bridgehead atoms. The molecule has 0 aliphatic heterocycles. The van der Waals surface area contributed by atoms with Gasteiger partial charge in [0.15, 0.2) is 6.10 Å². The van der Waals surface area contributed by atoms with Gasteiger partial charge in [-0.2, -0.15) is 0 Å². The minimum absolute atomic E-state index is 0.0298. The maximum absolute atomic E-state index is 12.4. The van der Waals surface area contributed by atoms with E-state index >= 15 is 0 Å². The highest BCUT2D eigenvalue weighted by molar-refractivity contribution is 5.96. The number of nitrogens with one attached hydrogen (secondary N) is 1. The average Bonchev–Trinajstić information content (AvgIpc) is 3.03. The SMILES string of the molecule is CC(C)c1ccccc1NC(=O)[C@@H](C)OC(=O)Cc1coc2cc(O)ccc12. The van der Waals surface area contributed by atoms with Gasteiger partial charge in [-0.3, -0.25) is 9.59 Å². The van der Waals surface area contributed by atoms with Crippen LogP contribution in [0.4, 0.5) is 5.69 Å². The van der Waals surface area contributed by atoms with Gasteiger partial charge in [-0.15, -0.1) is 0 Å². The van der Waals surface area contributed by atoms with Crippen LogP contribution in [-0.2, 0) is 20.7 Å². The zero-order valence-corrected chi connectivity index (χ0v) is 16.1. The molecule has 6 heteroatoms. The molecule has 1 aromatic heterocycles. The number of para-hydroxylation sites is 1. The third-order valence-corrected chi connectivity index (χ3v) is 4.49. The van der Waals surface area contributed by atoms with Gasteiger partial charge in [0, 0.05) is 22.7 Å². The predicted molar refractivity (Wildman–Crippen MR) is 106 cm³/mol. The van der Waals surface area contributed by atoms with Crippen molar-refractivity contribution in [3.05, 3.63) is 59.9 Å². The lowest BCUT2D eigenvalue weighted by atomic mass is 10.0. The summed E-state index contributed by atoms with van der Waals surface area (Å²) in [5, 5.41) is 13.0. The lowest BCUT2D eigenvalue weighted by molar-refractivity contribution is -0.152. The third-order valence-electron chi connectivity index (χ3n) is 4.49. The molecule has 0 saturated carbocycles. The van der Waals surface area contributed by atoms with Gasteiger partial charge in [0.05, 0.1) is 12.7 Å². The molecule has 0 radical (unpaired) electrons. The Kier molecular flexibility index (Phi) is 5.68. The molecule has 6 nitrogen and oxygen atoms in total. The molecule has 3 rings (SSSR count). The van der Waals surface area contributed by atoms with Crippen LogP contribution in [0.2, 0.25) is 0 Å². The second-order valence-electron chi connectivity index (χ2n) is 6.98. The highest BCUT2D eigenvalue weighted by Crippen LogP contribution is 2.26. The van der Waals surface area contributed by atoms with Gasteiger partial charge in [-0.05, 0) is 36.6 Å². The predicted octanol–water partition coefficient (Wildman–Crippen LogP) is 4.37. The summed E-state index contributed by atoms with van der Waals surface area (Å²) in [7, 11) is 0. The van der Waals surface area contributed by atoms with Crippen LogP contribution in [0.1, 0.15) is 37.8 Å². The van der Waals surface area contributed by atoms with Gasteiger partial charge in [0.1, 0.15) is 11.3 Å². The second kappa shape index (κ2) is 8.17. The number of aromatic hydroxyl groups is 1. The van der Waals surface area contributed by atoms with Crippen molar-refractivity contribution in [2.45, 2.75) is 39.2 Å². The Labute approximate surface area is 163 Å². The minimum Gasteiger partial charge on any atom is -0.508 e. The summed E-state index contributed by atoms with van der Waals surface area (Å²) < 4.78 is 10.6. The van der Waals surface area contributed by atoms with Crippen LogP contribution in [0.3, 0.4) is 0 Å². The Balaban J connectivity index is 1.63. The van der Waals surface area contributed by atoms with Crippen molar-refractivity contribution in [2.75, 3.05) is 5.32 Å². The van der Waals surface area contributed by atoms with Crippen molar-refractivity contribution >= 4 is 28.5 Å². The summed E-state index contributed by atoms with van der Waals surface area (Å²) in [5.41, 5.74) is 2.85.